The maximum absolute atomic E-state index is 12.1. The van der Waals surface area contributed by atoms with E-state index in [2.05, 4.69) is 4.98 Å². The van der Waals surface area contributed by atoms with Gasteiger partial charge >= 0.3 is 0 Å². The number of nitrogens with zero attached hydrogens (tertiary/aromatic N) is 1. The number of hydrogen-bond acceptors (Lipinski definition) is 6. The first-order chi connectivity index (χ1) is 10.0. The molecule has 0 radical (unpaired) electrons. The molecule has 5 nitrogen and oxygen atoms in total. The molecule has 0 amide bonds. The van der Waals surface area contributed by atoms with Gasteiger partial charge in [-0.3, -0.25) is 0 Å². The van der Waals surface area contributed by atoms with Gasteiger partial charge in [0.25, 0.3) is 0 Å². The lowest BCUT2D eigenvalue weighted by atomic mass is 10.3. The second kappa shape index (κ2) is 6.73. The first-order valence-electron chi connectivity index (χ1n) is 6.08. The Morgan fingerprint density at radius 2 is 1.86 bits per heavy atom. The minimum atomic E-state index is -3.38. The summed E-state index contributed by atoms with van der Waals surface area (Å²) in [6.07, 6.45) is 1.46. The van der Waals surface area contributed by atoms with Crippen LogP contribution in [-0.2, 0) is 9.84 Å². The van der Waals surface area contributed by atoms with E-state index in [9.17, 15) is 18.3 Å². The van der Waals surface area contributed by atoms with E-state index in [-0.39, 0.29) is 27.0 Å². The molecule has 110 valence electrons. The topological polar surface area (TPSA) is 87.2 Å². The van der Waals surface area contributed by atoms with Crippen LogP contribution >= 0.6 is 11.8 Å². The van der Waals surface area contributed by atoms with E-state index in [1.165, 1.54) is 30.5 Å². The number of carbonyl (C=O) groups excluding carboxylic acids is 1. The zero-order valence-corrected chi connectivity index (χ0v) is 12.6. The van der Waals surface area contributed by atoms with Crippen LogP contribution in [0.2, 0.25) is 0 Å². The third kappa shape index (κ3) is 4.05. The summed E-state index contributed by atoms with van der Waals surface area (Å²) >= 11 is 1.09. The average molecular weight is 322 g/mol. The van der Waals surface area contributed by atoms with Crippen LogP contribution < -0.4 is 5.11 Å². The van der Waals surface area contributed by atoms with Crippen LogP contribution in [0.4, 0.5) is 0 Å². The van der Waals surface area contributed by atoms with E-state index in [4.69, 9.17) is 0 Å². The number of carbonyl (C=O) groups is 1. The van der Waals surface area contributed by atoms with Gasteiger partial charge in [0, 0.05) is 17.5 Å². The largest absolute Gasteiger partial charge is 0.545 e. The molecule has 0 aliphatic carbocycles. The summed E-state index contributed by atoms with van der Waals surface area (Å²) < 4.78 is 24.2. The molecule has 0 fully saturated rings. The highest BCUT2D eigenvalue weighted by Gasteiger charge is 2.14. The van der Waals surface area contributed by atoms with E-state index >= 15 is 0 Å². The summed E-state index contributed by atoms with van der Waals surface area (Å²) in [6, 6.07) is 11.0. The molecule has 0 N–H and O–H groups in total. The van der Waals surface area contributed by atoms with Gasteiger partial charge in [0.2, 0.25) is 0 Å². The summed E-state index contributed by atoms with van der Waals surface area (Å²) in [4.78, 5) is 15.1. The predicted octanol–water partition coefficient (Wildman–Crippen LogP) is 1.01. The Labute approximate surface area is 127 Å². The molecule has 0 aliphatic rings. The van der Waals surface area contributed by atoms with E-state index < -0.39 is 15.8 Å². The van der Waals surface area contributed by atoms with Gasteiger partial charge in [0.05, 0.1) is 16.6 Å². The Balaban J connectivity index is 2.04. The lowest BCUT2D eigenvalue weighted by molar-refractivity contribution is -0.255. The first-order valence-corrected chi connectivity index (χ1v) is 8.71. The van der Waals surface area contributed by atoms with Crippen molar-refractivity contribution in [2.75, 3.05) is 11.5 Å². The molecule has 0 spiro atoms. The number of benzene rings is 1. The van der Waals surface area contributed by atoms with Gasteiger partial charge in [-0.05, 0) is 24.3 Å². The van der Waals surface area contributed by atoms with Crippen LogP contribution in [0.25, 0.3) is 0 Å². The Morgan fingerprint density at radius 1 is 1.14 bits per heavy atom. The number of hydrogen-bond donors (Lipinski definition) is 0. The van der Waals surface area contributed by atoms with Crippen LogP contribution in [0.5, 0.6) is 0 Å². The number of pyridine rings is 1. The molecule has 2 rings (SSSR count). The fourth-order valence-corrected chi connectivity index (χ4v) is 4.31. The van der Waals surface area contributed by atoms with E-state index in [0.717, 1.165) is 11.8 Å². The van der Waals surface area contributed by atoms with Crippen LogP contribution in [0.1, 0.15) is 10.4 Å². The Morgan fingerprint density at radius 3 is 2.52 bits per heavy atom. The summed E-state index contributed by atoms with van der Waals surface area (Å²) in [5, 5.41) is 11.2. The number of rotatable bonds is 6. The van der Waals surface area contributed by atoms with Crippen molar-refractivity contribution in [2.24, 2.45) is 0 Å². The number of aromatic carboxylic acids is 1. The van der Waals surface area contributed by atoms with Crippen LogP contribution in [0.15, 0.2) is 58.6 Å². The lowest BCUT2D eigenvalue weighted by Gasteiger charge is -2.08. The second-order valence-electron chi connectivity index (χ2n) is 4.12. The maximum Gasteiger partial charge on any atom is 0.179 e. The molecule has 0 aliphatic heterocycles. The monoisotopic (exact) mass is 322 g/mol. The predicted molar refractivity (Wildman–Crippen MR) is 77.8 cm³/mol. The van der Waals surface area contributed by atoms with Gasteiger partial charge in [0.15, 0.2) is 9.84 Å². The summed E-state index contributed by atoms with van der Waals surface area (Å²) in [7, 11) is -3.38. The van der Waals surface area contributed by atoms with E-state index in [0.29, 0.717) is 0 Å². The zero-order chi connectivity index (χ0) is 15.3. The average Bonchev–Trinajstić information content (AvgIpc) is 2.48. The minimum absolute atomic E-state index is 0.0281. The molecular formula is C14H12NO4S2-. The number of carboxylic acids is 1. The fraction of sp³-hybridized carbons (Fsp3) is 0.143. The number of sulfone groups is 1. The third-order valence-corrected chi connectivity index (χ3v) is 5.68. The fourth-order valence-electron chi connectivity index (χ4n) is 1.65. The zero-order valence-electron chi connectivity index (χ0n) is 10.9. The molecular weight excluding hydrogens is 310 g/mol. The highest BCUT2D eigenvalue weighted by molar-refractivity contribution is 8.00. The van der Waals surface area contributed by atoms with E-state index in [1.54, 1.807) is 18.2 Å². The summed E-state index contributed by atoms with van der Waals surface area (Å²) in [5.74, 6) is -1.20. The Hall–Kier alpha value is -1.86. The lowest BCUT2D eigenvalue weighted by Crippen LogP contribution is -2.23. The van der Waals surface area contributed by atoms with Gasteiger partial charge in [0.1, 0.15) is 5.03 Å². The summed E-state index contributed by atoms with van der Waals surface area (Å²) in [6.45, 7) is 0. The number of aromatic nitrogens is 1. The van der Waals surface area contributed by atoms with Crippen LogP contribution in [0.3, 0.4) is 0 Å². The first kappa shape index (κ1) is 15.5. The van der Waals surface area contributed by atoms with Crippen molar-refractivity contribution >= 4 is 27.6 Å². The van der Waals surface area contributed by atoms with Gasteiger partial charge in [-0.15, -0.1) is 11.8 Å². The normalized spacial score (nSPS) is 11.2. The summed E-state index contributed by atoms with van der Waals surface area (Å²) in [5.41, 5.74) is -0.0281. The number of carboxylic acid groups (broad SMARTS) is 1. The second-order valence-corrected chi connectivity index (χ2v) is 7.32. The molecule has 1 aromatic heterocycles. The van der Waals surface area contributed by atoms with Crippen molar-refractivity contribution in [2.45, 2.75) is 9.92 Å². The molecule has 0 saturated carbocycles. The van der Waals surface area contributed by atoms with Gasteiger partial charge in [-0.1, -0.05) is 18.2 Å². The Kier molecular flexibility index (Phi) is 4.98. The minimum Gasteiger partial charge on any atom is -0.545 e. The van der Waals surface area contributed by atoms with Crippen molar-refractivity contribution in [1.82, 2.24) is 4.98 Å². The molecule has 0 bridgehead atoms. The van der Waals surface area contributed by atoms with E-state index in [1.807, 2.05) is 0 Å². The molecule has 1 aromatic carbocycles. The quantitative estimate of drug-likeness (QED) is 0.738. The number of thioether (sulfide) groups is 1. The van der Waals surface area contributed by atoms with Gasteiger partial charge in [-0.2, -0.15) is 0 Å². The van der Waals surface area contributed by atoms with Crippen molar-refractivity contribution in [3.05, 3.63) is 54.2 Å². The van der Waals surface area contributed by atoms with Crippen LogP contribution in [-0.4, -0.2) is 30.9 Å². The molecule has 2 aromatic rings. The molecule has 0 saturated heterocycles. The standard InChI is InChI=1S/C14H13NO4S2/c16-14(17)12-7-4-8-15-13(12)20-9-10-21(18,19)11-5-2-1-3-6-11/h1-8H,9-10H2,(H,16,17)/p-1. The SMILES string of the molecule is O=C([O-])c1cccnc1SCCS(=O)(=O)c1ccccc1. The Bertz CT molecular complexity index is 730. The van der Waals surface area contributed by atoms with Gasteiger partial charge < -0.3 is 9.90 Å². The van der Waals surface area contributed by atoms with Crippen molar-refractivity contribution in [1.29, 1.82) is 0 Å². The van der Waals surface area contributed by atoms with Crippen molar-refractivity contribution < 1.29 is 18.3 Å². The van der Waals surface area contributed by atoms with Crippen molar-refractivity contribution in [3.8, 4) is 0 Å². The molecule has 0 atom stereocenters. The smallest absolute Gasteiger partial charge is 0.179 e. The molecule has 0 unspecified atom stereocenters. The maximum atomic E-state index is 12.1. The van der Waals surface area contributed by atoms with Gasteiger partial charge in [-0.25, -0.2) is 13.4 Å². The molecule has 21 heavy (non-hydrogen) atoms. The van der Waals surface area contributed by atoms with Crippen LogP contribution in [0, 0.1) is 0 Å². The molecule has 7 heteroatoms. The van der Waals surface area contributed by atoms with Crippen molar-refractivity contribution in [3.63, 3.8) is 0 Å². The highest BCUT2D eigenvalue weighted by atomic mass is 32.2. The highest BCUT2D eigenvalue weighted by Crippen LogP contribution is 2.21. The third-order valence-electron chi connectivity index (χ3n) is 2.68. The molecule has 1 heterocycles.